The average molecular weight is 463 g/mol. The molecule has 2 aromatic heterocycles. The predicted octanol–water partition coefficient (Wildman–Crippen LogP) is 8.12. The Bertz CT molecular complexity index is 1140. The maximum Gasteiger partial charge on any atom is 0.189 e. The van der Waals surface area contributed by atoms with E-state index in [-0.39, 0.29) is 0 Å². The highest BCUT2D eigenvalue weighted by Gasteiger charge is 2.15. The molecule has 0 amide bonds. The monoisotopic (exact) mass is 462 g/mol. The van der Waals surface area contributed by atoms with Gasteiger partial charge in [-0.1, -0.05) is 81.3 Å². The van der Waals surface area contributed by atoms with Gasteiger partial charge in [0.2, 0.25) is 0 Å². The maximum absolute atomic E-state index is 6.24. The van der Waals surface area contributed by atoms with Crippen LogP contribution in [-0.4, -0.2) is 9.97 Å². The Morgan fingerprint density at radius 1 is 0.969 bits per heavy atom. The smallest absolute Gasteiger partial charge is 0.189 e. The van der Waals surface area contributed by atoms with E-state index in [1.165, 1.54) is 30.4 Å². The van der Waals surface area contributed by atoms with Gasteiger partial charge in [0.05, 0.1) is 5.69 Å². The third kappa shape index (κ3) is 5.37. The van der Waals surface area contributed by atoms with E-state index in [2.05, 4.69) is 85.0 Å². The zero-order valence-electron chi connectivity index (χ0n) is 18.9. The molecule has 4 aromatic rings. The number of unbranched alkanes of at least 4 members (excludes halogenated alkanes) is 2. The van der Waals surface area contributed by atoms with Crippen LogP contribution >= 0.6 is 22.7 Å². The van der Waals surface area contributed by atoms with E-state index in [1.54, 1.807) is 22.7 Å². The zero-order chi connectivity index (χ0) is 22.5. The third-order valence-corrected chi connectivity index (χ3v) is 7.48. The van der Waals surface area contributed by atoms with E-state index in [4.69, 9.17) is 10.7 Å². The number of hydrogen-bond acceptors (Lipinski definition) is 6. The van der Waals surface area contributed by atoms with Gasteiger partial charge in [-0.05, 0) is 42.0 Å². The third-order valence-electron chi connectivity index (χ3n) is 5.50. The largest absolute Gasteiger partial charge is 0.382 e. The maximum atomic E-state index is 6.24. The number of nitrogen functional groups attached to an aromatic ring is 1. The molecular formula is C26H30N4S2. The molecule has 0 fully saturated rings. The fourth-order valence-electron chi connectivity index (χ4n) is 3.55. The minimum absolute atomic E-state index is 0.516. The molecule has 0 spiro atoms. The second kappa shape index (κ2) is 10.3. The molecule has 0 unspecified atom stereocenters. The Morgan fingerprint density at radius 2 is 1.72 bits per heavy atom. The molecule has 0 atom stereocenters. The van der Waals surface area contributed by atoms with Crippen molar-refractivity contribution in [1.82, 2.24) is 9.97 Å². The van der Waals surface area contributed by atoms with Crippen LogP contribution in [-0.2, 0) is 6.42 Å². The summed E-state index contributed by atoms with van der Waals surface area (Å²) < 4.78 is 0. The number of aryl methyl sites for hydroxylation is 1. The molecule has 0 aliphatic heterocycles. The fraction of sp³-hybridized carbons (Fsp3) is 0.308. The first kappa shape index (κ1) is 22.5. The lowest BCUT2D eigenvalue weighted by Gasteiger charge is -2.07. The number of thiazole rings is 2. The van der Waals surface area contributed by atoms with Crippen LogP contribution in [0, 0.1) is 0 Å². The molecule has 2 aromatic carbocycles. The van der Waals surface area contributed by atoms with Gasteiger partial charge in [0.15, 0.2) is 5.13 Å². The van der Waals surface area contributed by atoms with Crippen molar-refractivity contribution in [1.29, 1.82) is 0 Å². The summed E-state index contributed by atoms with van der Waals surface area (Å²) in [6, 6.07) is 17.2. The number of hydrogen-bond donors (Lipinski definition) is 2. The van der Waals surface area contributed by atoms with Gasteiger partial charge < -0.3 is 11.1 Å². The number of benzene rings is 2. The van der Waals surface area contributed by atoms with Crippen LogP contribution in [0.2, 0.25) is 0 Å². The second-order valence-corrected chi connectivity index (χ2v) is 10.2. The lowest BCUT2D eigenvalue weighted by atomic mass is 10.0. The molecular weight excluding hydrogens is 432 g/mol. The minimum Gasteiger partial charge on any atom is -0.382 e. The standard InChI is InChI=1S/C26H30N4S2/c1-4-5-6-7-18-8-10-20(11-9-18)22-16-31-25(29-22)23-24(27)30-26(32-23)28-21-14-12-19(13-15-21)17(2)3/h8-17H,4-7,27H2,1-3H3,(H,28,30). The van der Waals surface area contributed by atoms with Gasteiger partial charge in [-0.2, -0.15) is 0 Å². The van der Waals surface area contributed by atoms with Crippen molar-refractivity contribution in [2.24, 2.45) is 0 Å². The molecule has 0 bridgehead atoms. The summed E-state index contributed by atoms with van der Waals surface area (Å²) >= 11 is 3.15. The van der Waals surface area contributed by atoms with E-state index in [9.17, 15) is 0 Å². The quantitative estimate of drug-likeness (QED) is 0.247. The Morgan fingerprint density at radius 3 is 2.41 bits per heavy atom. The van der Waals surface area contributed by atoms with Gasteiger partial charge in [-0.3, -0.25) is 0 Å². The summed E-state index contributed by atoms with van der Waals surface area (Å²) in [5.41, 5.74) is 12.1. The summed E-state index contributed by atoms with van der Waals surface area (Å²) in [7, 11) is 0. The summed E-state index contributed by atoms with van der Waals surface area (Å²) in [5, 5.41) is 7.15. The summed E-state index contributed by atoms with van der Waals surface area (Å²) in [5.74, 6) is 1.03. The van der Waals surface area contributed by atoms with Crippen molar-refractivity contribution in [3.05, 3.63) is 65.0 Å². The van der Waals surface area contributed by atoms with E-state index in [0.717, 1.165) is 38.4 Å². The second-order valence-electron chi connectivity index (χ2n) is 8.33. The number of nitrogens with one attached hydrogen (secondary N) is 1. The molecule has 0 radical (unpaired) electrons. The molecule has 166 valence electrons. The van der Waals surface area contributed by atoms with Gasteiger partial charge in [0.25, 0.3) is 0 Å². The number of nitrogens with zero attached hydrogens (tertiary/aromatic N) is 2. The molecule has 4 rings (SSSR count). The van der Waals surface area contributed by atoms with Crippen LogP contribution in [0.4, 0.5) is 16.6 Å². The van der Waals surface area contributed by atoms with Crippen molar-refractivity contribution < 1.29 is 0 Å². The van der Waals surface area contributed by atoms with Crippen LogP contribution in [0.25, 0.3) is 21.1 Å². The zero-order valence-corrected chi connectivity index (χ0v) is 20.5. The SMILES string of the molecule is CCCCCc1ccc(-c2csc(-c3sc(Nc4ccc(C(C)C)cc4)nc3N)n2)cc1. The lowest BCUT2D eigenvalue weighted by Crippen LogP contribution is -1.92. The summed E-state index contributed by atoms with van der Waals surface area (Å²) in [6.07, 6.45) is 4.93. The molecule has 6 heteroatoms. The van der Waals surface area contributed by atoms with Gasteiger partial charge in [0.1, 0.15) is 15.7 Å². The molecule has 2 heterocycles. The van der Waals surface area contributed by atoms with Gasteiger partial charge in [-0.15, -0.1) is 11.3 Å². The molecule has 0 aliphatic rings. The van der Waals surface area contributed by atoms with Gasteiger partial charge >= 0.3 is 0 Å². The number of nitrogens with two attached hydrogens (primary N) is 1. The van der Waals surface area contributed by atoms with E-state index >= 15 is 0 Å². The predicted molar refractivity (Wildman–Crippen MR) is 140 cm³/mol. The Kier molecular flexibility index (Phi) is 7.22. The van der Waals surface area contributed by atoms with Crippen molar-refractivity contribution in [3.63, 3.8) is 0 Å². The number of rotatable bonds is 9. The molecule has 3 N–H and O–H groups in total. The molecule has 0 saturated heterocycles. The average Bonchev–Trinajstić information content (AvgIpc) is 3.41. The topological polar surface area (TPSA) is 63.8 Å². The van der Waals surface area contributed by atoms with Crippen molar-refractivity contribution in [3.8, 4) is 21.1 Å². The summed E-state index contributed by atoms with van der Waals surface area (Å²) in [6.45, 7) is 6.63. The summed E-state index contributed by atoms with van der Waals surface area (Å²) in [4.78, 5) is 10.3. The Hall–Kier alpha value is -2.70. The Balaban J connectivity index is 1.46. The first-order valence-electron chi connectivity index (χ1n) is 11.2. The highest BCUT2D eigenvalue weighted by molar-refractivity contribution is 7.23. The van der Waals surface area contributed by atoms with Crippen molar-refractivity contribution >= 4 is 39.3 Å². The van der Waals surface area contributed by atoms with Crippen LogP contribution < -0.4 is 11.1 Å². The number of aromatic nitrogens is 2. The van der Waals surface area contributed by atoms with Crippen LogP contribution in [0.1, 0.15) is 57.1 Å². The van der Waals surface area contributed by atoms with Crippen molar-refractivity contribution in [2.45, 2.75) is 52.4 Å². The fourth-order valence-corrected chi connectivity index (χ4v) is 5.38. The van der Waals surface area contributed by atoms with Crippen LogP contribution in [0.15, 0.2) is 53.9 Å². The van der Waals surface area contributed by atoms with Crippen LogP contribution in [0.3, 0.4) is 0 Å². The van der Waals surface area contributed by atoms with E-state index in [0.29, 0.717) is 11.7 Å². The highest BCUT2D eigenvalue weighted by Crippen LogP contribution is 2.39. The number of anilines is 3. The lowest BCUT2D eigenvalue weighted by molar-refractivity contribution is 0.717. The highest BCUT2D eigenvalue weighted by atomic mass is 32.1. The van der Waals surface area contributed by atoms with Crippen LogP contribution in [0.5, 0.6) is 0 Å². The van der Waals surface area contributed by atoms with Crippen molar-refractivity contribution in [2.75, 3.05) is 11.1 Å². The van der Waals surface area contributed by atoms with Gasteiger partial charge in [0, 0.05) is 16.6 Å². The van der Waals surface area contributed by atoms with E-state index in [1.807, 2.05) is 0 Å². The molecule has 32 heavy (non-hydrogen) atoms. The molecule has 0 aliphatic carbocycles. The Labute approximate surface area is 198 Å². The normalized spacial score (nSPS) is 11.2. The minimum atomic E-state index is 0.516. The first-order chi connectivity index (χ1) is 15.5. The van der Waals surface area contributed by atoms with Gasteiger partial charge in [-0.25, -0.2) is 9.97 Å². The molecule has 0 saturated carbocycles. The first-order valence-corrected chi connectivity index (χ1v) is 12.9. The molecule has 4 nitrogen and oxygen atoms in total. The van der Waals surface area contributed by atoms with E-state index < -0.39 is 0 Å².